The highest BCUT2D eigenvalue weighted by molar-refractivity contribution is 5.95. The summed E-state index contributed by atoms with van der Waals surface area (Å²) >= 11 is 0. The summed E-state index contributed by atoms with van der Waals surface area (Å²) in [5, 5.41) is 11.3. The van der Waals surface area contributed by atoms with E-state index in [9.17, 15) is 4.79 Å². The van der Waals surface area contributed by atoms with Gasteiger partial charge < -0.3 is 4.90 Å². The van der Waals surface area contributed by atoms with Crippen molar-refractivity contribution >= 4 is 5.91 Å². The van der Waals surface area contributed by atoms with Crippen molar-refractivity contribution in [1.29, 1.82) is 0 Å². The van der Waals surface area contributed by atoms with Crippen LogP contribution in [-0.4, -0.2) is 42.5 Å². The molecule has 1 fully saturated rings. The van der Waals surface area contributed by atoms with E-state index in [0.717, 1.165) is 42.6 Å². The van der Waals surface area contributed by atoms with Gasteiger partial charge in [-0.05, 0) is 65.9 Å². The molecule has 0 N–H and O–H groups in total. The van der Waals surface area contributed by atoms with Crippen molar-refractivity contribution in [2.45, 2.75) is 32.2 Å². The zero-order valence-electron chi connectivity index (χ0n) is 14.6. The van der Waals surface area contributed by atoms with Crippen molar-refractivity contribution in [2.75, 3.05) is 6.54 Å². The van der Waals surface area contributed by atoms with Crippen LogP contribution in [0.3, 0.4) is 0 Å². The smallest absolute Gasteiger partial charge is 0.254 e. The first-order valence-electron chi connectivity index (χ1n) is 8.79. The van der Waals surface area contributed by atoms with Gasteiger partial charge in [0.25, 0.3) is 5.91 Å². The van der Waals surface area contributed by atoms with Crippen molar-refractivity contribution in [2.24, 2.45) is 0 Å². The van der Waals surface area contributed by atoms with Crippen LogP contribution < -0.4 is 0 Å². The van der Waals surface area contributed by atoms with E-state index >= 15 is 0 Å². The van der Waals surface area contributed by atoms with Crippen LogP contribution in [0.4, 0.5) is 0 Å². The van der Waals surface area contributed by atoms with Gasteiger partial charge in [-0.25, -0.2) is 4.68 Å². The van der Waals surface area contributed by atoms with Gasteiger partial charge in [-0.2, -0.15) is 0 Å². The standard InChI is InChI=1S/C19H20N6O/c1-14-7-8-15(11-18(14)25-13-21-22-23-25)19(26)24-10-3-2-6-17(24)16-5-4-9-20-12-16/h4-5,7-9,11-13,17H,2-3,6,10H2,1H3/t17-/m0/s1. The summed E-state index contributed by atoms with van der Waals surface area (Å²) in [5.74, 6) is 0.0351. The molecule has 0 spiro atoms. The maximum Gasteiger partial charge on any atom is 0.254 e. The van der Waals surface area contributed by atoms with Crippen LogP contribution in [0.25, 0.3) is 5.69 Å². The molecular formula is C19H20N6O. The van der Waals surface area contributed by atoms with Crippen molar-refractivity contribution in [3.63, 3.8) is 0 Å². The Morgan fingerprint density at radius 3 is 2.92 bits per heavy atom. The number of hydrogen-bond acceptors (Lipinski definition) is 5. The molecule has 1 saturated heterocycles. The minimum Gasteiger partial charge on any atom is -0.332 e. The molecule has 132 valence electrons. The number of tetrazole rings is 1. The van der Waals surface area contributed by atoms with E-state index in [4.69, 9.17) is 0 Å². The number of carbonyl (C=O) groups is 1. The van der Waals surface area contributed by atoms with Gasteiger partial charge in [0.2, 0.25) is 0 Å². The van der Waals surface area contributed by atoms with Gasteiger partial charge in [-0.3, -0.25) is 9.78 Å². The van der Waals surface area contributed by atoms with E-state index in [1.807, 2.05) is 48.4 Å². The number of hydrogen-bond donors (Lipinski definition) is 0. The van der Waals surface area contributed by atoms with E-state index < -0.39 is 0 Å². The molecule has 0 radical (unpaired) electrons. The fraction of sp³-hybridized carbons (Fsp3) is 0.316. The fourth-order valence-corrected chi connectivity index (χ4v) is 3.52. The lowest BCUT2D eigenvalue weighted by molar-refractivity contribution is 0.0611. The third-order valence-corrected chi connectivity index (χ3v) is 4.88. The summed E-state index contributed by atoms with van der Waals surface area (Å²) in [4.78, 5) is 19.5. The minimum absolute atomic E-state index is 0.0351. The quantitative estimate of drug-likeness (QED) is 0.727. The number of benzene rings is 1. The van der Waals surface area contributed by atoms with Crippen molar-refractivity contribution in [1.82, 2.24) is 30.1 Å². The molecule has 7 nitrogen and oxygen atoms in total. The highest BCUT2D eigenvalue weighted by atomic mass is 16.2. The van der Waals surface area contributed by atoms with Gasteiger partial charge in [-0.1, -0.05) is 12.1 Å². The Hall–Kier alpha value is -3.09. The number of piperidine rings is 1. The number of nitrogens with zero attached hydrogens (tertiary/aromatic N) is 6. The lowest BCUT2D eigenvalue weighted by Gasteiger charge is -2.36. The molecule has 1 amide bonds. The predicted molar refractivity (Wildman–Crippen MR) is 95.8 cm³/mol. The molecule has 0 saturated carbocycles. The van der Waals surface area contributed by atoms with Crippen molar-refractivity contribution in [3.05, 3.63) is 65.7 Å². The van der Waals surface area contributed by atoms with Gasteiger partial charge in [0.15, 0.2) is 0 Å². The van der Waals surface area contributed by atoms with E-state index in [1.54, 1.807) is 10.9 Å². The third-order valence-electron chi connectivity index (χ3n) is 4.88. The molecule has 0 bridgehead atoms. The zero-order valence-corrected chi connectivity index (χ0v) is 14.6. The maximum absolute atomic E-state index is 13.3. The van der Waals surface area contributed by atoms with E-state index in [1.165, 1.54) is 6.33 Å². The van der Waals surface area contributed by atoms with Crippen LogP contribution in [0, 0.1) is 6.92 Å². The monoisotopic (exact) mass is 348 g/mol. The Bertz CT molecular complexity index is 894. The number of aryl methyl sites for hydroxylation is 1. The summed E-state index contributed by atoms with van der Waals surface area (Å²) in [6.45, 7) is 2.73. The minimum atomic E-state index is 0.0351. The second kappa shape index (κ2) is 7.03. The van der Waals surface area contributed by atoms with Gasteiger partial charge in [0, 0.05) is 24.5 Å². The molecule has 3 heterocycles. The predicted octanol–water partition coefficient (Wildman–Crippen LogP) is 2.73. The molecule has 1 aliphatic heterocycles. The topological polar surface area (TPSA) is 76.8 Å². The summed E-state index contributed by atoms with van der Waals surface area (Å²) in [6.07, 6.45) is 8.26. The highest BCUT2D eigenvalue weighted by Gasteiger charge is 2.29. The molecular weight excluding hydrogens is 328 g/mol. The largest absolute Gasteiger partial charge is 0.332 e. The highest BCUT2D eigenvalue weighted by Crippen LogP contribution is 2.32. The molecule has 2 aromatic heterocycles. The van der Waals surface area contributed by atoms with Crippen LogP contribution >= 0.6 is 0 Å². The van der Waals surface area contributed by atoms with Crippen LogP contribution in [0.5, 0.6) is 0 Å². The lowest BCUT2D eigenvalue weighted by atomic mass is 9.95. The Labute approximate surface area is 151 Å². The number of likely N-dealkylation sites (tertiary alicyclic amines) is 1. The molecule has 4 rings (SSSR count). The summed E-state index contributed by atoms with van der Waals surface area (Å²) in [6, 6.07) is 9.72. The number of aromatic nitrogens is 5. The molecule has 3 aromatic rings. The molecule has 26 heavy (non-hydrogen) atoms. The van der Waals surface area contributed by atoms with Crippen molar-refractivity contribution < 1.29 is 4.79 Å². The molecule has 1 aromatic carbocycles. The Morgan fingerprint density at radius 2 is 2.15 bits per heavy atom. The zero-order chi connectivity index (χ0) is 17.9. The average molecular weight is 348 g/mol. The maximum atomic E-state index is 13.3. The molecule has 1 atom stereocenters. The summed E-state index contributed by atoms with van der Waals surface area (Å²) < 4.78 is 1.58. The second-order valence-corrected chi connectivity index (χ2v) is 6.55. The summed E-state index contributed by atoms with van der Waals surface area (Å²) in [7, 11) is 0. The van der Waals surface area contributed by atoms with Gasteiger partial charge >= 0.3 is 0 Å². The number of amides is 1. The fourth-order valence-electron chi connectivity index (χ4n) is 3.52. The Morgan fingerprint density at radius 1 is 1.23 bits per heavy atom. The van der Waals surface area contributed by atoms with Gasteiger partial charge in [0.1, 0.15) is 6.33 Å². The Balaban J connectivity index is 1.67. The SMILES string of the molecule is Cc1ccc(C(=O)N2CCCC[C@H]2c2cccnc2)cc1-n1cnnn1. The van der Waals surface area contributed by atoms with E-state index in [-0.39, 0.29) is 11.9 Å². The number of carbonyl (C=O) groups excluding carboxylic acids is 1. The van der Waals surface area contributed by atoms with Crippen LogP contribution in [-0.2, 0) is 0 Å². The summed E-state index contributed by atoms with van der Waals surface area (Å²) in [5.41, 5.74) is 3.57. The normalized spacial score (nSPS) is 17.3. The third kappa shape index (κ3) is 3.08. The van der Waals surface area contributed by atoms with Crippen LogP contribution in [0.2, 0.25) is 0 Å². The van der Waals surface area contributed by atoms with E-state index in [2.05, 4.69) is 20.5 Å². The lowest BCUT2D eigenvalue weighted by Crippen LogP contribution is -2.38. The number of pyridine rings is 1. The van der Waals surface area contributed by atoms with Crippen LogP contribution in [0.1, 0.15) is 46.8 Å². The first-order valence-corrected chi connectivity index (χ1v) is 8.79. The first-order chi connectivity index (χ1) is 12.7. The molecule has 7 heteroatoms. The van der Waals surface area contributed by atoms with Gasteiger partial charge in [-0.15, -0.1) is 5.10 Å². The second-order valence-electron chi connectivity index (χ2n) is 6.55. The first kappa shape index (κ1) is 16.4. The Kier molecular flexibility index (Phi) is 4.43. The van der Waals surface area contributed by atoms with Crippen LogP contribution in [0.15, 0.2) is 49.1 Å². The van der Waals surface area contributed by atoms with Gasteiger partial charge in [0.05, 0.1) is 11.7 Å². The van der Waals surface area contributed by atoms with E-state index in [0.29, 0.717) is 5.56 Å². The number of rotatable bonds is 3. The molecule has 1 aliphatic rings. The van der Waals surface area contributed by atoms with Crippen molar-refractivity contribution in [3.8, 4) is 5.69 Å². The average Bonchev–Trinajstić information content (AvgIpc) is 3.23. The molecule has 0 aliphatic carbocycles. The molecule has 0 unspecified atom stereocenters.